The molecule has 3 atom stereocenters. The fourth-order valence-electron chi connectivity index (χ4n) is 3.68. The lowest BCUT2D eigenvalue weighted by atomic mass is 9.66. The zero-order valence-corrected chi connectivity index (χ0v) is 11.0. The molecule has 2 saturated carbocycles. The van der Waals surface area contributed by atoms with Gasteiger partial charge in [0.05, 0.1) is 0 Å². The minimum Gasteiger partial charge on any atom is -0.299 e. The van der Waals surface area contributed by atoms with Crippen molar-refractivity contribution in [2.75, 3.05) is 0 Å². The molecule has 0 spiro atoms. The van der Waals surface area contributed by atoms with Gasteiger partial charge in [-0.05, 0) is 38.0 Å². The maximum absolute atomic E-state index is 12.1. The predicted octanol–water partition coefficient (Wildman–Crippen LogP) is 3.97. The summed E-state index contributed by atoms with van der Waals surface area (Å²) in [5.41, 5.74) is 0. The minimum absolute atomic E-state index is 0.369. The van der Waals surface area contributed by atoms with Crippen molar-refractivity contribution in [3.8, 4) is 11.8 Å². The summed E-state index contributed by atoms with van der Waals surface area (Å²) in [5, 5.41) is 0. The van der Waals surface area contributed by atoms with E-state index in [0.29, 0.717) is 18.1 Å². The third-order valence-corrected chi connectivity index (χ3v) is 4.67. The predicted molar refractivity (Wildman–Crippen MR) is 70.5 cm³/mol. The topological polar surface area (TPSA) is 17.1 Å². The molecular formula is C16H24O. The summed E-state index contributed by atoms with van der Waals surface area (Å²) in [4.78, 5) is 12.1. The molecule has 0 N–H and O–H groups in total. The van der Waals surface area contributed by atoms with Crippen molar-refractivity contribution in [1.29, 1.82) is 0 Å². The van der Waals surface area contributed by atoms with Gasteiger partial charge in [-0.1, -0.05) is 25.7 Å². The van der Waals surface area contributed by atoms with Gasteiger partial charge in [-0.2, -0.15) is 0 Å². The van der Waals surface area contributed by atoms with Crippen LogP contribution in [-0.2, 0) is 4.79 Å². The molecule has 0 aliphatic heterocycles. The van der Waals surface area contributed by atoms with Gasteiger partial charge in [0.2, 0.25) is 0 Å². The smallest absolute Gasteiger partial charge is 0.136 e. The van der Waals surface area contributed by atoms with Crippen molar-refractivity contribution in [1.82, 2.24) is 0 Å². The molecule has 94 valence electrons. The van der Waals surface area contributed by atoms with E-state index < -0.39 is 0 Å². The standard InChI is InChI=1S/C16H24O/c1-2-3-4-9-16(17)15-11-10-13-7-5-6-8-14(13)12-15/h13-15H,4-12H2,1H3. The quantitative estimate of drug-likeness (QED) is 0.673. The number of carbonyl (C=O) groups excluding carboxylic acids is 1. The molecule has 0 radical (unpaired) electrons. The Morgan fingerprint density at radius 2 is 1.88 bits per heavy atom. The first-order chi connectivity index (χ1) is 8.31. The summed E-state index contributed by atoms with van der Waals surface area (Å²) in [5.74, 6) is 8.54. The molecule has 2 rings (SSSR count). The van der Waals surface area contributed by atoms with E-state index in [9.17, 15) is 4.79 Å². The van der Waals surface area contributed by atoms with Crippen LogP contribution in [0.1, 0.15) is 64.7 Å². The Labute approximate surface area is 105 Å². The van der Waals surface area contributed by atoms with Crippen LogP contribution >= 0.6 is 0 Å². The molecule has 0 aromatic heterocycles. The largest absolute Gasteiger partial charge is 0.299 e. The van der Waals surface area contributed by atoms with Crippen molar-refractivity contribution < 1.29 is 4.79 Å². The van der Waals surface area contributed by atoms with Crippen molar-refractivity contribution in [3.05, 3.63) is 0 Å². The fourth-order valence-corrected chi connectivity index (χ4v) is 3.68. The maximum Gasteiger partial charge on any atom is 0.136 e. The molecule has 0 aromatic rings. The average molecular weight is 232 g/mol. The van der Waals surface area contributed by atoms with E-state index in [0.717, 1.165) is 24.7 Å². The second-order valence-corrected chi connectivity index (χ2v) is 5.71. The van der Waals surface area contributed by atoms with Gasteiger partial charge in [0.15, 0.2) is 0 Å². The summed E-state index contributed by atoms with van der Waals surface area (Å²) in [6, 6.07) is 0. The molecule has 0 saturated heterocycles. The third-order valence-electron chi connectivity index (χ3n) is 4.67. The number of Topliss-reactive ketones (excluding diaryl/α,β-unsaturated/α-hetero) is 1. The van der Waals surface area contributed by atoms with Crippen LogP contribution in [0.25, 0.3) is 0 Å². The van der Waals surface area contributed by atoms with Crippen LogP contribution in [0.15, 0.2) is 0 Å². The molecule has 2 fully saturated rings. The van der Waals surface area contributed by atoms with Crippen molar-refractivity contribution in [2.45, 2.75) is 64.7 Å². The molecule has 1 nitrogen and oxygen atoms in total. The number of ketones is 1. The summed E-state index contributed by atoms with van der Waals surface area (Å²) >= 11 is 0. The molecule has 1 heteroatoms. The SMILES string of the molecule is CC#CCCC(=O)C1CCC2CCCCC2C1. The first-order valence-electron chi connectivity index (χ1n) is 7.23. The third kappa shape index (κ3) is 3.35. The zero-order valence-electron chi connectivity index (χ0n) is 11.0. The van der Waals surface area contributed by atoms with E-state index in [1.165, 1.54) is 38.5 Å². The summed E-state index contributed by atoms with van der Waals surface area (Å²) < 4.78 is 0. The van der Waals surface area contributed by atoms with Crippen LogP contribution in [0.2, 0.25) is 0 Å². The van der Waals surface area contributed by atoms with E-state index in [1.54, 1.807) is 0 Å². The van der Waals surface area contributed by atoms with Gasteiger partial charge in [-0.15, -0.1) is 11.8 Å². The highest BCUT2D eigenvalue weighted by Gasteiger charge is 2.34. The van der Waals surface area contributed by atoms with Crippen LogP contribution in [0.3, 0.4) is 0 Å². The first-order valence-corrected chi connectivity index (χ1v) is 7.23. The Morgan fingerprint density at radius 3 is 2.65 bits per heavy atom. The Balaban J connectivity index is 1.81. The molecular weight excluding hydrogens is 208 g/mol. The summed E-state index contributed by atoms with van der Waals surface area (Å²) in [6.07, 6.45) is 10.7. The highest BCUT2D eigenvalue weighted by molar-refractivity contribution is 5.81. The molecule has 0 aromatic carbocycles. The van der Waals surface area contributed by atoms with E-state index in [2.05, 4.69) is 11.8 Å². The van der Waals surface area contributed by atoms with Crippen molar-refractivity contribution in [2.24, 2.45) is 17.8 Å². The molecule has 0 heterocycles. The molecule has 0 amide bonds. The van der Waals surface area contributed by atoms with Gasteiger partial charge in [0.25, 0.3) is 0 Å². The summed E-state index contributed by atoms with van der Waals surface area (Å²) in [7, 11) is 0. The second-order valence-electron chi connectivity index (χ2n) is 5.71. The second kappa shape index (κ2) is 6.24. The van der Waals surface area contributed by atoms with Gasteiger partial charge in [-0.25, -0.2) is 0 Å². The van der Waals surface area contributed by atoms with Gasteiger partial charge in [0.1, 0.15) is 5.78 Å². The first kappa shape index (κ1) is 12.7. The average Bonchev–Trinajstić information content (AvgIpc) is 2.38. The van der Waals surface area contributed by atoms with Crippen molar-refractivity contribution in [3.63, 3.8) is 0 Å². The van der Waals surface area contributed by atoms with Crippen LogP contribution in [-0.4, -0.2) is 5.78 Å². The van der Waals surface area contributed by atoms with Crippen LogP contribution < -0.4 is 0 Å². The normalized spacial score (nSPS) is 32.2. The van der Waals surface area contributed by atoms with E-state index in [4.69, 9.17) is 0 Å². The number of hydrogen-bond donors (Lipinski definition) is 0. The lowest BCUT2D eigenvalue weighted by Crippen LogP contribution is -2.31. The van der Waals surface area contributed by atoms with Crippen LogP contribution in [0, 0.1) is 29.6 Å². The maximum atomic E-state index is 12.1. The van der Waals surface area contributed by atoms with Crippen molar-refractivity contribution >= 4 is 5.78 Å². The number of fused-ring (bicyclic) bond motifs is 1. The van der Waals surface area contributed by atoms with Gasteiger partial charge in [0, 0.05) is 18.8 Å². The molecule has 17 heavy (non-hydrogen) atoms. The highest BCUT2D eigenvalue weighted by atomic mass is 16.1. The van der Waals surface area contributed by atoms with E-state index >= 15 is 0 Å². The van der Waals surface area contributed by atoms with Gasteiger partial charge in [-0.3, -0.25) is 4.79 Å². The van der Waals surface area contributed by atoms with E-state index in [1.807, 2.05) is 6.92 Å². The van der Waals surface area contributed by atoms with E-state index in [-0.39, 0.29) is 0 Å². The number of carbonyl (C=O) groups is 1. The molecule has 0 bridgehead atoms. The molecule has 2 aliphatic carbocycles. The fraction of sp³-hybridized carbons (Fsp3) is 0.812. The van der Waals surface area contributed by atoms with Gasteiger partial charge < -0.3 is 0 Å². The number of rotatable bonds is 3. The highest BCUT2D eigenvalue weighted by Crippen LogP contribution is 2.43. The number of hydrogen-bond acceptors (Lipinski definition) is 1. The van der Waals surface area contributed by atoms with Crippen LogP contribution in [0.5, 0.6) is 0 Å². The van der Waals surface area contributed by atoms with Crippen LogP contribution in [0.4, 0.5) is 0 Å². The Bertz CT molecular complexity index is 320. The zero-order chi connectivity index (χ0) is 12.1. The lowest BCUT2D eigenvalue weighted by molar-refractivity contribution is -0.124. The van der Waals surface area contributed by atoms with Gasteiger partial charge >= 0.3 is 0 Å². The monoisotopic (exact) mass is 232 g/mol. The summed E-state index contributed by atoms with van der Waals surface area (Å²) in [6.45, 7) is 1.84. The molecule has 3 unspecified atom stereocenters. The molecule has 2 aliphatic rings. The Kier molecular flexibility index (Phi) is 4.66. The Hall–Kier alpha value is -0.770. The Morgan fingerprint density at radius 1 is 1.12 bits per heavy atom. The minimum atomic E-state index is 0.369. The lowest BCUT2D eigenvalue weighted by Gasteiger charge is -2.38.